The summed E-state index contributed by atoms with van der Waals surface area (Å²) in [5.74, 6) is -0.281. The molecule has 5 nitrogen and oxygen atoms in total. The van der Waals surface area contributed by atoms with E-state index < -0.39 is 5.97 Å². The highest BCUT2D eigenvalue weighted by Crippen LogP contribution is 2.11. The molecule has 1 heterocycles. The maximum absolute atomic E-state index is 11.2. The van der Waals surface area contributed by atoms with E-state index in [9.17, 15) is 9.59 Å². The summed E-state index contributed by atoms with van der Waals surface area (Å²) < 4.78 is 10.7. The van der Waals surface area contributed by atoms with Gasteiger partial charge in [0.05, 0.1) is 0 Å². The van der Waals surface area contributed by atoms with Gasteiger partial charge in [0.2, 0.25) is 0 Å². The van der Waals surface area contributed by atoms with Crippen molar-refractivity contribution in [2.75, 3.05) is 20.7 Å². The molecule has 0 saturated heterocycles. The smallest absolute Gasteiger partial charge is 0.331 e. The molecule has 1 amide bonds. The van der Waals surface area contributed by atoms with Crippen LogP contribution in [0.3, 0.4) is 0 Å². The Morgan fingerprint density at radius 2 is 2.18 bits per heavy atom. The molecule has 92 valence electrons. The minimum Gasteiger partial charge on any atom is -0.452 e. The van der Waals surface area contributed by atoms with E-state index in [1.165, 1.54) is 17.1 Å². The molecule has 0 bridgehead atoms. The second-order valence-electron chi connectivity index (χ2n) is 3.37. The van der Waals surface area contributed by atoms with Crippen LogP contribution in [0.4, 0.5) is 0 Å². The Hall–Kier alpha value is -1.31. The predicted octanol–water partition coefficient (Wildman–Crippen LogP) is 1.53. The number of amides is 1. The van der Waals surface area contributed by atoms with Crippen LogP contribution >= 0.6 is 22.6 Å². The summed E-state index contributed by atoms with van der Waals surface area (Å²) >= 11 is 2.02. The second-order valence-corrected chi connectivity index (χ2v) is 4.43. The Morgan fingerprint density at radius 3 is 2.71 bits per heavy atom. The molecule has 0 aliphatic heterocycles. The van der Waals surface area contributed by atoms with Crippen LogP contribution in [0.1, 0.15) is 5.76 Å². The van der Waals surface area contributed by atoms with Gasteiger partial charge in [0.1, 0.15) is 5.76 Å². The van der Waals surface area contributed by atoms with Gasteiger partial charge < -0.3 is 14.1 Å². The first-order valence-corrected chi connectivity index (χ1v) is 5.87. The van der Waals surface area contributed by atoms with Gasteiger partial charge in [-0.3, -0.25) is 4.79 Å². The van der Waals surface area contributed by atoms with Gasteiger partial charge in [-0.05, 0) is 40.8 Å². The molecule has 0 saturated carbocycles. The highest BCUT2D eigenvalue weighted by molar-refractivity contribution is 14.1. The molecule has 0 spiro atoms. The average molecular weight is 349 g/mol. The number of ether oxygens (including phenoxy) is 1. The van der Waals surface area contributed by atoms with Gasteiger partial charge in [-0.25, -0.2) is 4.79 Å². The molecule has 1 aromatic rings. The average Bonchev–Trinajstić information content (AvgIpc) is 2.69. The van der Waals surface area contributed by atoms with E-state index in [1.807, 2.05) is 22.6 Å². The van der Waals surface area contributed by atoms with Crippen LogP contribution in [-0.4, -0.2) is 37.5 Å². The minimum absolute atomic E-state index is 0.258. The van der Waals surface area contributed by atoms with Crippen molar-refractivity contribution in [1.29, 1.82) is 0 Å². The lowest BCUT2D eigenvalue weighted by Gasteiger charge is -2.09. The first-order chi connectivity index (χ1) is 7.99. The number of hydrogen-bond acceptors (Lipinski definition) is 4. The van der Waals surface area contributed by atoms with E-state index in [0.29, 0.717) is 5.76 Å². The Morgan fingerprint density at radius 1 is 1.47 bits per heavy atom. The first-order valence-electron chi connectivity index (χ1n) is 4.79. The van der Waals surface area contributed by atoms with Crippen LogP contribution in [0, 0.1) is 3.77 Å². The van der Waals surface area contributed by atoms with Crippen LogP contribution in [0.25, 0.3) is 6.08 Å². The SMILES string of the molecule is CN(C)C(=O)COC(=O)/C=C/c1ccc(I)o1. The summed E-state index contributed by atoms with van der Waals surface area (Å²) in [6.45, 7) is -0.258. The van der Waals surface area contributed by atoms with Gasteiger partial charge in [0.25, 0.3) is 5.91 Å². The van der Waals surface area contributed by atoms with E-state index >= 15 is 0 Å². The fourth-order valence-corrected chi connectivity index (χ4v) is 1.31. The van der Waals surface area contributed by atoms with Crippen molar-refractivity contribution in [3.05, 3.63) is 27.7 Å². The van der Waals surface area contributed by atoms with Crippen molar-refractivity contribution in [2.24, 2.45) is 0 Å². The molecule has 0 unspecified atom stereocenters. The van der Waals surface area contributed by atoms with Crippen molar-refractivity contribution in [3.8, 4) is 0 Å². The molecule has 0 aromatic carbocycles. The van der Waals surface area contributed by atoms with Gasteiger partial charge >= 0.3 is 5.97 Å². The van der Waals surface area contributed by atoms with Crippen LogP contribution in [0.2, 0.25) is 0 Å². The van der Waals surface area contributed by atoms with Crippen molar-refractivity contribution in [2.45, 2.75) is 0 Å². The summed E-state index contributed by atoms with van der Waals surface area (Å²) in [4.78, 5) is 23.7. The van der Waals surface area contributed by atoms with Crippen LogP contribution in [0.5, 0.6) is 0 Å². The summed E-state index contributed by atoms with van der Waals surface area (Å²) in [6.07, 6.45) is 2.71. The fraction of sp³-hybridized carbons (Fsp3) is 0.273. The molecule has 0 fully saturated rings. The highest BCUT2D eigenvalue weighted by Gasteiger charge is 2.06. The molecule has 0 aliphatic carbocycles. The van der Waals surface area contributed by atoms with Crippen molar-refractivity contribution >= 4 is 40.5 Å². The fourth-order valence-electron chi connectivity index (χ4n) is 0.878. The molecule has 1 aromatic heterocycles. The van der Waals surface area contributed by atoms with Gasteiger partial charge in [0, 0.05) is 20.2 Å². The Labute approximate surface area is 113 Å². The number of hydrogen-bond donors (Lipinski definition) is 0. The van der Waals surface area contributed by atoms with Crippen molar-refractivity contribution in [1.82, 2.24) is 4.90 Å². The highest BCUT2D eigenvalue weighted by atomic mass is 127. The third-order valence-electron chi connectivity index (χ3n) is 1.81. The largest absolute Gasteiger partial charge is 0.452 e. The number of halogens is 1. The number of rotatable bonds is 4. The second kappa shape index (κ2) is 6.43. The summed E-state index contributed by atoms with van der Waals surface area (Å²) in [6, 6.07) is 3.51. The molecular formula is C11H12INO4. The van der Waals surface area contributed by atoms with E-state index in [0.717, 1.165) is 3.77 Å². The van der Waals surface area contributed by atoms with Gasteiger partial charge in [-0.2, -0.15) is 0 Å². The van der Waals surface area contributed by atoms with Crippen molar-refractivity contribution in [3.63, 3.8) is 0 Å². The third-order valence-corrected chi connectivity index (χ3v) is 2.39. The molecule has 1 rings (SSSR count). The number of esters is 1. The number of nitrogens with zero attached hydrogens (tertiary/aromatic N) is 1. The van der Waals surface area contributed by atoms with Crippen LogP contribution < -0.4 is 0 Å². The minimum atomic E-state index is -0.577. The maximum atomic E-state index is 11.2. The topological polar surface area (TPSA) is 59.8 Å². The van der Waals surface area contributed by atoms with E-state index in [-0.39, 0.29) is 12.5 Å². The molecule has 0 aliphatic rings. The lowest BCUT2D eigenvalue weighted by Crippen LogP contribution is -2.27. The maximum Gasteiger partial charge on any atom is 0.331 e. The number of carbonyl (C=O) groups is 2. The van der Waals surface area contributed by atoms with Gasteiger partial charge in [0.15, 0.2) is 10.4 Å². The molecule has 0 N–H and O–H groups in total. The zero-order valence-electron chi connectivity index (χ0n) is 9.47. The lowest BCUT2D eigenvalue weighted by atomic mass is 10.4. The summed E-state index contributed by atoms with van der Waals surface area (Å²) in [7, 11) is 3.19. The first kappa shape index (κ1) is 13.8. The Balaban J connectivity index is 2.40. The van der Waals surface area contributed by atoms with E-state index in [4.69, 9.17) is 9.15 Å². The number of furan rings is 1. The molecule has 17 heavy (non-hydrogen) atoms. The van der Waals surface area contributed by atoms with E-state index in [2.05, 4.69) is 0 Å². The number of likely N-dealkylation sites (N-methyl/N-ethyl adjacent to an activating group) is 1. The third kappa shape index (κ3) is 5.03. The summed E-state index contributed by atoms with van der Waals surface area (Å²) in [5, 5.41) is 0. The lowest BCUT2D eigenvalue weighted by molar-refractivity contribution is -0.146. The zero-order valence-corrected chi connectivity index (χ0v) is 11.6. The zero-order chi connectivity index (χ0) is 12.8. The van der Waals surface area contributed by atoms with Crippen molar-refractivity contribution < 1.29 is 18.7 Å². The predicted molar refractivity (Wildman–Crippen MR) is 70.1 cm³/mol. The van der Waals surface area contributed by atoms with Gasteiger partial charge in [-0.1, -0.05) is 0 Å². The van der Waals surface area contributed by atoms with Gasteiger partial charge in [-0.15, -0.1) is 0 Å². The normalized spacial score (nSPS) is 10.5. The number of carbonyl (C=O) groups excluding carboxylic acids is 2. The summed E-state index contributed by atoms with van der Waals surface area (Å²) in [5.41, 5.74) is 0. The van der Waals surface area contributed by atoms with E-state index in [1.54, 1.807) is 26.2 Å². The molecule has 0 atom stereocenters. The Bertz CT molecular complexity index is 436. The Kier molecular flexibility index (Phi) is 5.20. The monoisotopic (exact) mass is 349 g/mol. The molecular weight excluding hydrogens is 337 g/mol. The van der Waals surface area contributed by atoms with Crippen LogP contribution in [-0.2, 0) is 14.3 Å². The quantitative estimate of drug-likeness (QED) is 0.470. The standard InChI is InChI=1S/C11H12INO4/c1-13(2)10(14)7-16-11(15)6-4-8-3-5-9(12)17-8/h3-6H,7H2,1-2H3/b6-4+. The van der Waals surface area contributed by atoms with Crippen LogP contribution in [0.15, 0.2) is 22.6 Å². The molecule has 0 radical (unpaired) electrons. The molecule has 6 heteroatoms.